The number of aryl methyl sites for hydroxylation is 2. The number of imide groups is 1. The number of fused-ring (bicyclic) bond motifs is 2. The Morgan fingerprint density at radius 3 is 2.81 bits per heavy atom. The van der Waals surface area contributed by atoms with Crippen LogP contribution in [-0.2, 0) is 21.5 Å². The van der Waals surface area contributed by atoms with Crippen LogP contribution < -0.4 is 10.6 Å². The van der Waals surface area contributed by atoms with E-state index in [9.17, 15) is 19.5 Å². The largest absolute Gasteiger partial charge is 0.506 e. The van der Waals surface area contributed by atoms with Gasteiger partial charge in [0.25, 0.3) is 5.91 Å². The molecule has 1 atom stereocenters. The highest BCUT2D eigenvalue weighted by atomic mass is 16.3. The number of benzene rings is 2. The molecule has 0 bridgehead atoms. The molecule has 0 saturated carbocycles. The van der Waals surface area contributed by atoms with Gasteiger partial charge in [-0.05, 0) is 48.6 Å². The molecule has 0 unspecified atom stereocenters. The van der Waals surface area contributed by atoms with E-state index < -0.39 is 29.9 Å². The van der Waals surface area contributed by atoms with Crippen molar-refractivity contribution >= 4 is 23.5 Å². The van der Waals surface area contributed by atoms with Crippen LogP contribution in [0.5, 0.6) is 5.75 Å². The van der Waals surface area contributed by atoms with Gasteiger partial charge >= 0.3 is 6.03 Å². The minimum Gasteiger partial charge on any atom is -0.506 e. The molecule has 4 amide bonds. The van der Waals surface area contributed by atoms with Crippen molar-refractivity contribution in [1.82, 2.24) is 10.2 Å². The molecule has 1 heterocycles. The first-order valence-corrected chi connectivity index (χ1v) is 8.73. The van der Waals surface area contributed by atoms with E-state index in [1.54, 1.807) is 12.1 Å². The van der Waals surface area contributed by atoms with Crippen LogP contribution in [0.3, 0.4) is 0 Å². The maximum atomic E-state index is 13.0. The Hall–Kier alpha value is -3.35. The van der Waals surface area contributed by atoms with Crippen LogP contribution in [0.4, 0.5) is 10.5 Å². The van der Waals surface area contributed by atoms with Gasteiger partial charge in [0.2, 0.25) is 5.91 Å². The summed E-state index contributed by atoms with van der Waals surface area (Å²) >= 11 is 0. The number of hydrogen-bond donors (Lipinski definition) is 3. The quantitative estimate of drug-likeness (QED) is 0.572. The van der Waals surface area contributed by atoms with Gasteiger partial charge in [-0.15, -0.1) is 0 Å². The molecule has 1 aliphatic heterocycles. The summed E-state index contributed by atoms with van der Waals surface area (Å²) in [6.07, 6.45) is 1.17. The molecule has 1 spiro atoms. The van der Waals surface area contributed by atoms with Crippen molar-refractivity contribution in [2.75, 3.05) is 11.9 Å². The average molecular weight is 365 g/mol. The Balaban J connectivity index is 1.53. The smallest absolute Gasteiger partial charge is 0.325 e. The third-order valence-electron chi connectivity index (χ3n) is 5.15. The molecule has 0 radical (unpaired) electrons. The SMILES string of the molecule is Cc1ccc(NC(=O)CN2C(=O)N[C@]3(CCc4ccccc43)C2=O)c(O)c1. The zero-order chi connectivity index (χ0) is 19.2. The molecule has 2 aromatic carbocycles. The molecule has 4 rings (SSSR count). The van der Waals surface area contributed by atoms with E-state index in [1.165, 1.54) is 6.07 Å². The number of anilines is 1. The maximum absolute atomic E-state index is 13.0. The highest BCUT2D eigenvalue weighted by Gasteiger charge is 2.55. The van der Waals surface area contributed by atoms with Crippen LogP contribution in [0.25, 0.3) is 0 Å². The van der Waals surface area contributed by atoms with Gasteiger partial charge in [-0.2, -0.15) is 0 Å². The Bertz CT molecular complexity index is 971. The number of phenols is 1. The molecule has 27 heavy (non-hydrogen) atoms. The normalized spacial score (nSPS) is 20.7. The van der Waals surface area contributed by atoms with Crippen molar-refractivity contribution in [3.8, 4) is 5.75 Å². The maximum Gasteiger partial charge on any atom is 0.325 e. The third-order valence-corrected chi connectivity index (χ3v) is 5.15. The Kier molecular flexibility index (Phi) is 3.87. The van der Waals surface area contributed by atoms with Crippen molar-refractivity contribution in [2.24, 2.45) is 0 Å². The second-order valence-electron chi connectivity index (χ2n) is 6.95. The lowest BCUT2D eigenvalue weighted by Gasteiger charge is -2.22. The first-order valence-electron chi connectivity index (χ1n) is 8.73. The summed E-state index contributed by atoms with van der Waals surface area (Å²) in [5.74, 6) is -1.04. The second-order valence-corrected chi connectivity index (χ2v) is 6.95. The number of nitrogens with zero attached hydrogens (tertiary/aromatic N) is 1. The Morgan fingerprint density at radius 1 is 1.26 bits per heavy atom. The summed E-state index contributed by atoms with van der Waals surface area (Å²) in [6, 6.07) is 11.8. The summed E-state index contributed by atoms with van der Waals surface area (Å²) in [4.78, 5) is 38.7. The lowest BCUT2D eigenvalue weighted by molar-refractivity contribution is -0.134. The molecule has 1 aliphatic carbocycles. The monoisotopic (exact) mass is 365 g/mol. The lowest BCUT2D eigenvalue weighted by atomic mass is 9.92. The van der Waals surface area contributed by atoms with Crippen LogP contribution in [0, 0.1) is 6.92 Å². The van der Waals surface area contributed by atoms with Crippen molar-refractivity contribution in [3.63, 3.8) is 0 Å². The van der Waals surface area contributed by atoms with Crippen molar-refractivity contribution < 1.29 is 19.5 Å². The predicted molar refractivity (Wildman–Crippen MR) is 98.2 cm³/mol. The van der Waals surface area contributed by atoms with Gasteiger partial charge in [0, 0.05) is 0 Å². The lowest BCUT2D eigenvalue weighted by Crippen LogP contribution is -2.43. The van der Waals surface area contributed by atoms with Gasteiger partial charge in [0.05, 0.1) is 5.69 Å². The number of rotatable bonds is 3. The van der Waals surface area contributed by atoms with E-state index in [1.807, 2.05) is 31.2 Å². The molecule has 7 nitrogen and oxygen atoms in total. The first-order chi connectivity index (χ1) is 12.9. The van der Waals surface area contributed by atoms with Crippen LogP contribution in [0.15, 0.2) is 42.5 Å². The number of carbonyl (C=O) groups excluding carboxylic acids is 3. The fraction of sp³-hybridized carbons (Fsp3) is 0.250. The molecule has 3 N–H and O–H groups in total. The van der Waals surface area contributed by atoms with E-state index >= 15 is 0 Å². The van der Waals surface area contributed by atoms with E-state index in [0.717, 1.165) is 21.6 Å². The fourth-order valence-electron chi connectivity index (χ4n) is 3.81. The van der Waals surface area contributed by atoms with Crippen molar-refractivity contribution in [2.45, 2.75) is 25.3 Å². The highest BCUT2D eigenvalue weighted by Crippen LogP contribution is 2.41. The molecule has 138 valence electrons. The van der Waals surface area contributed by atoms with Gasteiger partial charge in [0.15, 0.2) is 0 Å². The van der Waals surface area contributed by atoms with Gasteiger partial charge in [-0.25, -0.2) is 4.79 Å². The van der Waals surface area contributed by atoms with Gasteiger partial charge < -0.3 is 15.7 Å². The minimum absolute atomic E-state index is 0.0678. The van der Waals surface area contributed by atoms with E-state index in [0.29, 0.717) is 12.8 Å². The van der Waals surface area contributed by atoms with E-state index in [2.05, 4.69) is 10.6 Å². The van der Waals surface area contributed by atoms with Crippen molar-refractivity contribution in [1.29, 1.82) is 0 Å². The number of amides is 4. The summed E-state index contributed by atoms with van der Waals surface area (Å²) in [5.41, 5.74) is 1.82. The van der Waals surface area contributed by atoms with E-state index in [4.69, 9.17) is 0 Å². The summed E-state index contributed by atoms with van der Waals surface area (Å²) in [5, 5.41) is 15.2. The molecule has 1 fully saturated rings. The summed E-state index contributed by atoms with van der Waals surface area (Å²) in [7, 11) is 0. The number of phenolic OH excluding ortho intramolecular Hbond substituents is 1. The molecule has 0 aromatic heterocycles. The highest BCUT2D eigenvalue weighted by molar-refractivity contribution is 6.11. The molecule has 2 aliphatic rings. The van der Waals surface area contributed by atoms with Crippen LogP contribution in [-0.4, -0.2) is 34.4 Å². The first kappa shape index (κ1) is 17.1. The number of nitrogens with one attached hydrogen (secondary N) is 2. The zero-order valence-corrected chi connectivity index (χ0v) is 14.8. The molecule has 1 saturated heterocycles. The minimum atomic E-state index is -1.08. The summed E-state index contributed by atoms with van der Waals surface area (Å²) in [6.45, 7) is 1.40. The molecule has 7 heteroatoms. The molecular weight excluding hydrogens is 346 g/mol. The van der Waals surface area contributed by atoms with Gasteiger partial charge in [-0.3, -0.25) is 14.5 Å². The Morgan fingerprint density at radius 2 is 2.04 bits per heavy atom. The van der Waals surface area contributed by atoms with E-state index in [-0.39, 0.29) is 11.4 Å². The fourth-order valence-corrected chi connectivity index (χ4v) is 3.81. The molecule has 2 aromatic rings. The second kappa shape index (κ2) is 6.12. The number of urea groups is 1. The average Bonchev–Trinajstić information content (AvgIpc) is 3.11. The zero-order valence-electron chi connectivity index (χ0n) is 14.8. The topological polar surface area (TPSA) is 98.7 Å². The Labute approximate surface area is 156 Å². The number of aromatic hydroxyl groups is 1. The number of carbonyl (C=O) groups is 3. The standard InChI is InChI=1S/C20H19N3O4/c1-12-6-7-15(16(24)10-12)21-17(25)11-23-18(26)20(22-19(23)27)9-8-13-4-2-3-5-14(13)20/h2-7,10,24H,8-9,11H2,1H3,(H,21,25)(H,22,27)/t20-/m0/s1. The van der Waals surface area contributed by atoms with Crippen LogP contribution in [0.1, 0.15) is 23.1 Å². The number of hydrogen-bond acceptors (Lipinski definition) is 4. The van der Waals surface area contributed by atoms with Gasteiger partial charge in [-0.1, -0.05) is 30.3 Å². The van der Waals surface area contributed by atoms with Gasteiger partial charge in [0.1, 0.15) is 17.8 Å². The van der Waals surface area contributed by atoms with Crippen LogP contribution in [0.2, 0.25) is 0 Å². The van der Waals surface area contributed by atoms with Crippen LogP contribution >= 0.6 is 0 Å². The third kappa shape index (κ3) is 2.71. The molecular formula is C20H19N3O4. The predicted octanol–water partition coefficient (Wildman–Crippen LogP) is 2.03. The van der Waals surface area contributed by atoms with Crippen molar-refractivity contribution in [3.05, 3.63) is 59.2 Å². The summed E-state index contributed by atoms with van der Waals surface area (Å²) < 4.78 is 0.